The Morgan fingerprint density at radius 2 is 1.70 bits per heavy atom. The average Bonchev–Trinajstić information content (AvgIpc) is 2.75. The number of hydrogen-bond donors (Lipinski definition) is 2. The Balaban J connectivity index is 2.28. The van der Waals surface area contributed by atoms with Crippen molar-refractivity contribution >= 4 is 17.9 Å². The minimum atomic E-state index is -0.768. The standard InChI is InChI=1S/C26H41N3O4/c1-7-19(3)29(22(30)17-27-25(32)33-26(4,5)6)23(20-15-13-18(2)14-16-20)24(31)28-21-11-9-8-10-12-21/h13-16,19,21,23H,7-12,17H2,1-6H3,(H,27,32)(H,28,31). The van der Waals surface area contributed by atoms with Gasteiger partial charge in [0.15, 0.2) is 0 Å². The predicted molar refractivity (Wildman–Crippen MR) is 130 cm³/mol. The van der Waals surface area contributed by atoms with E-state index in [1.807, 2.05) is 45.0 Å². The molecule has 1 aromatic rings. The van der Waals surface area contributed by atoms with Gasteiger partial charge in [0.25, 0.3) is 0 Å². The summed E-state index contributed by atoms with van der Waals surface area (Å²) in [6.07, 6.45) is 5.35. The minimum Gasteiger partial charge on any atom is -0.444 e. The molecule has 2 unspecified atom stereocenters. The van der Waals surface area contributed by atoms with Crippen molar-refractivity contribution in [3.8, 4) is 0 Å². The summed E-state index contributed by atoms with van der Waals surface area (Å²) in [4.78, 5) is 40.7. The number of nitrogens with one attached hydrogen (secondary N) is 2. The summed E-state index contributed by atoms with van der Waals surface area (Å²) in [5.41, 5.74) is 1.19. The molecule has 2 atom stereocenters. The van der Waals surface area contributed by atoms with Crippen LogP contribution in [0.4, 0.5) is 4.79 Å². The third-order valence-corrected chi connectivity index (χ3v) is 6.01. The molecular formula is C26H41N3O4. The Morgan fingerprint density at radius 3 is 2.24 bits per heavy atom. The molecule has 1 fully saturated rings. The summed E-state index contributed by atoms with van der Waals surface area (Å²) >= 11 is 0. The molecule has 3 amide bonds. The fourth-order valence-corrected chi connectivity index (χ4v) is 4.11. The van der Waals surface area contributed by atoms with Crippen LogP contribution in [0, 0.1) is 6.92 Å². The number of carbonyl (C=O) groups is 3. The summed E-state index contributed by atoms with van der Waals surface area (Å²) < 4.78 is 5.26. The van der Waals surface area contributed by atoms with Crippen LogP contribution >= 0.6 is 0 Å². The van der Waals surface area contributed by atoms with E-state index in [0.29, 0.717) is 6.42 Å². The molecule has 0 aliphatic heterocycles. The summed E-state index contributed by atoms with van der Waals surface area (Å²) in [7, 11) is 0. The lowest BCUT2D eigenvalue weighted by Crippen LogP contribution is -2.52. The second kappa shape index (κ2) is 12.1. The quantitative estimate of drug-likeness (QED) is 0.593. The van der Waals surface area contributed by atoms with Gasteiger partial charge in [-0.05, 0) is 59.4 Å². The van der Waals surface area contributed by atoms with Crippen LogP contribution in [0.2, 0.25) is 0 Å². The van der Waals surface area contributed by atoms with Gasteiger partial charge in [0.1, 0.15) is 18.2 Å². The highest BCUT2D eigenvalue weighted by atomic mass is 16.6. The molecule has 184 valence electrons. The van der Waals surface area contributed by atoms with E-state index in [9.17, 15) is 14.4 Å². The number of nitrogens with zero attached hydrogens (tertiary/aromatic N) is 1. The zero-order valence-corrected chi connectivity index (χ0v) is 21.1. The minimum absolute atomic E-state index is 0.132. The lowest BCUT2D eigenvalue weighted by Gasteiger charge is -2.37. The number of ether oxygens (including phenoxy) is 1. The van der Waals surface area contributed by atoms with Crippen LogP contribution in [-0.2, 0) is 14.3 Å². The number of benzene rings is 1. The molecule has 1 aliphatic carbocycles. The number of aryl methyl sites for hydroxylation is 1. The lowest BCUT2D eigenvalue weighted by atomic mass is 9.94. The van der Waals surface area contributed by atoms with Gasteiger partial charge in [-0.3, -0.25) is 9.59 Å². The predicted octanol–water partition coefficient (Wildman–Crippen LogP) is 4.64. The maximum Gasteiger partial charge on any atom is 0.408 e. The van der Waals surface area contributed by atoms with Crippen molar-refractivity contribution in [3.63, 3.8) is 0 Å². The van der Waals surface area contributed by atoms with Crippen molar-refractivity contribution in [2.24, 2.45) is 0 Å². The second-order valence-corrected chi connectivity index (χ2v) is 10.1. The average molecular weight is 460 g/mol. The highest BCUT2D eigenvalue weighted by Crippen LogP contribution is 2.27. The van der Waals surface area contributed by atoms with Gasteiger partial charge in [0, 0.05) is 12.1 Å². The van der Waals surface area contributed by atoms with Crippen molar-refractivity contribution < 1.29 is 19.1 Å². The fraction of sp³-hybridized carbons (Fsp3) is 0.654. The number of hydrogen-bond acceptors (Lipinski definition) is 4. The fourth-order valence-electron chi connectivity index (χ4n) is 4.11. The Labute approximate surface area is 198 Å². The SMILES string of the molecule is CCC(C)N(C(=O)CNC(=O)OC(C)(C)C)C(C(=O)NC1CCCCC1)c1ccc(C)cc1. The highest BCUT2D eigenvalue weighted by Gasteiger charge is 2.35. The van der Waals surface area contributed by atoms with E-state index in [1.54, 1.807) is 25.7 Å². The van der Waals surface area contributed by atoms with Crippen LogP contribution < -0.4 is 10.6 Å². The molecule has 1 aliphatic rings. The van der Waals surface area contributed by atoms with Gasteiger partial charge >= 0.3 is 6.09 Å². The maximum absolute atomic E-state index is 13.6. The molecule has 0 bridgehead atoms. The normalized spacial score (nSPS) is 16.4. The van der Waals surface area contributed by atoms with E-state index in [0.717, 1.165) is 36.8 Å². The molecule has 2 N–H and O–H groups in total. The molecule has 33 heavy (non-hydrogen) atoms. The number of alkyl carbamates (subject to hydrolysis) is 1. The molecular weight excluding hydrogens is 418 g/mol. The highest BCUT2D eigenvalue weighted by molar-refractivity contribution is 5.90. The van der Waals surface area contributed by atoms with Crippen molar-refractivity contribution in [1.29, 1.82) is 0 Å². The Kier molecular flexibility index (Phi) is 9.74. The summed E-state index contributed by atoms with van der Waals surface area (Å²) in [5, 5.41) is 5.75. The first-order chi connectivity index (χ1) is 15.5. The summed E-state index contributed by atoms with van der Waals surface area (Å²) in [5.74, 6) is -0.490. The van der Waals surface area contributed by atoms with Crippen LogP contribution in [-0.4, -0.2) is 47.0 Å². The third kappa shape index (κ3) is 8.37. The van der Waals surface area contributed by atoms with Crippen LogP contribution in [0.5, 0.6) is 0 Å². The molecule has 0 saturated heterocycles. The maximum atomic E-state index is 13.6. The van der Waals surface area contributed by atoms with Gasteiger partial charge in [-0.15, -0.1) is 0 Å². The molecule has 0 aromatic heterocycles. The molecule has 0 heterocycles. The first-order valence-electron chi connectivity index (χ1n) is 12.2. The molecule has 1 saturated carbocycles. The Morgan fingerprint density at radius 1 is 1.09 bits per heavy atom. The van der Waals surface area contributed by atoms with Crippen LogP contribution in [0.25, 0.3) is 0 Å². The first kappa shape index (κ1) is 26.7. The van der Waals surface area contributed by atoms with E-state index in [4.69, 9.17) is 4.74 Å². The van der Waals surface area contributed by atoms with Crippen molar-refractivity contribution in [1.82, 2.24) is 15.5 Å². The molecule has 2 rings (SSSR count). The topological polar surface area (TPSA) is 87.7 Å². The van der Waals surface area contributed by atoms with Gasteiger partial charge < -0.3 is 20.3 Å². The third-order valence-electron chi connectivity index (χ3n) is 6.01. The van der Waals surface area contributed by atoms with Gasteiger partial charge in [-0.2, -0.15) is 0 Å². The van der Waals surface area contributed by atoms with E-state index in [-0.39, 0.29) is 30.4 Å². The molecule has 0 spiro atoms. The largest absolute Gasteiger partial charge is 0.444 e. The van der Waals surface area contributed by atoms with Gasteiger partial charge in [0.05, 0.1) is 0 Å². The van der Waals surface area contributed by atoms with E-state index < -0.39 is 17.7 Å². The summed E-state index contributed by atoms with van der Waals surface area (Å²) in [6.45, 7) is 11.0. The molecule has 0 radical (unpaired) electrons. The molecule has 7 heteroatoms. The van der Waals surface area contributed by atoms with Gasteiger partial charge in [0.2, 0.25) is 11.8 Å². The smallest absolute Gasteiger partial charge is 0.408 e. The van der Waals surface area contributed by atoms with E-state index in [2.05, 4.69) is 10.6 Å². The zero-order chi connectivity index (χ0) is 24.6. The second-order valence-electron chi connectivity index (χ2n) is 10.1. The molecule has 1 aromatic carbocycles. The van der Waals surface area contributed by atoms with Crippen molar-refractivity contribution in [3.05, 3.63) is 35.4 Å². The lowest BCUT2D eigenvalue weighted by molar-refractivity contribution is -0.143. The number of rotatable bonds is 8. The summed E-state index contributed by atoms with van der Waals surface area (Å²) in [6, 6.07) is 6.89. The Bertz CT molecular complexity index is 795. The van der Waals surface area contributed by atoms with E-state index >= 15 is 0 Å². The zero-order valence-electron chi connectivity index (χ0n) is 21.1. The van der Waals surface area contributed by atoms with Crippen LogP contribution in [0.15, 0.2) is 24.3 Å². The first-order valence-corrected chi connectivity index (χ1v) is 12.2. The van der Waals surface area contributed by atoms with Crippen molar-refractivity contribution in [2.45, 2.75) is 104 Å². The van der Waals surface area contributed by atoms with E-state index in [1.165, 1.54) is 6.42 Å². The monoisotopic (exact) mass is 459 g/mol. The van der Waals surface area contributed by atoms with Crippen LogP contribution in [0.1, 0.15) is 90.3 Å². The van der Waals surface area contributed by atoms with Gasteiger partial charge in [-0.25, -0.2) is 4.79 Å². The Hall–Kier alpha value is -2.57. The number of amides is 3. The molecule has 7 nitrogen and oxygen atoms in total. The van der Waals surface area contributed by atoms with Crippen LogP contribution in [0.3, 0.4) is 0 Å². The van der Waals surface area contributed by atoms with Gasteiger partial charge in [-0.1, -0.05) is 56.0 Å². The number of carbonyl (C=O) groups excluding carboxylic acids is 3. The van der Waals surface area contributed by atoms with Crippen molar-refractivity contribution in [2.75, 3.05) is 6.54 Å².